The van der Waals surface area contributed by atoms with E-state index in [4.69, 9.17) is 0 Å². The molecule has 1 aliphatic rings. The molecule has 0 radical (unpaired) electrons. The maximum absolute atomic E-state index is 12.4. The van der Waals surface area contributed by atoms with Gasteiger partial charge in [0.25, 0.3) is 0 Å². The Morgan fingerprint density at radius 3 is 2.79 bits per heavy atom. The number of amides is 2. The van der Waals surface area contributed by atoms with Crippen LogP contribution in [0, 0.1) is 0 Å². The fourth-order valence-electron chi connectivity index (χ4n) is 2.59. The molecule has 9 heteroatoms. The molecule has 0 bridgehead atoms. The van der Waals surface area contributed by atoms with E-state index in [2.05, 4.69) is 26.0 Å². The topological polar surface area (TPSA) is 95.6 Å². The predicted octanol–water partition coefficient (Wildman–Crippen LogP) is 0.606. The van der Waals surface area contributed by atoms with Gasteiger partial charge in [-0.3, -0.25) is 9.59 Å². The Labute approximate surface area is 150 Å². The number of carbonyl (C=O) groups is 2. The molecule has 2 N–H and O–H groups in total. The van der Waals surface area contributed by atoms with Gasteiger partial charge in [0.1, 0.15) is 6.04 Å². The summed E-state index contributed by atoms with van der Waals surface area (Å²) in [7, 11) is -3.44. The molecule has 1 fully saturated rings. The summed E-state index contributed by atoms with van der Waals surface area (Å²) < 4.78 is 25.3. The second kappa shape index (κ2) is 8.09. The van der Waals surface area contributed by atoms with Gasteiger partial charge in [0, 0.05) is 17.6 Å². The van der Waals surface area contributed by atoms with E-state index in [0.29, 0.717) is 19.5 Å². The summed E-state index contributed by atoms with van der Waals surface area (Å²) >= 11 is 3.38. The summed E-state index contributed by atoms with van der Waals surface area (Å²) in [5.74, 6) is -0.610. The van der Waals surface area contributed by atoms with Gasteiger partial charge in [-0.25, -0.2) is 13.1 Å². The van der Waals surface area contributed by atoms with Gasteiger partial charge in [0.05, 0.1) is 12.8 Å². The summed E-state index contributed by atoms with van der Waals surface area (Å²) in [5.41, 5.74) is 0.951. The molecule has 7 nitrogen and oxygen atoms in total. The number of benzene rings is 1. The van der Waals surface area contributed by atoms with Crippen LogP contribution in [0.5, 0.6) is 0 Å². The second-order valence-corrected chi connectivity index (χ2v) is 8.43. The van der Waals surface area contributed by atoms with E-state index in [0.717, 1.165) is 22.7 Å². The lowest BCUT2D eigenvalue weighted by Gasteiger charge is -2.24. The van der Waals surface area contributed by atoms with E-state index < -0.39 is 16.1 Å². The van der Waals surface area contributed by atoms with E-state index in [9.17, 15) is 18.0 Å². The Balaban J connectivity index is 1.91. The Kier molecular flexibility index (Phi) is 6.36. The molecule has 132 valence electrons. The first-order chi connectivity index (χ1) is 11.3. The highest BCUT2D eigenvalue weighted by Crippen LogP contribution is 2.18. The lowest BCUT2D eigenvalue weighted by molar-refractivity contribution is -0.137. The largest absolute Gasteiger partial charge is 0.350 e. The first-order valence-corrected chi connectivity index (χ1v) is 10.2. The number of nitrogens with one attached hydrogen (secondary N) is 2. The van der Waals surface area contributed by atoms with Gasteiger partial charge in [0.15, 0.2) is 0 Å². The summed E-state index contributed by atoms with van der Waals surface area (Å²) in [4.78, 5) is 25.9. The van der Waals surface area contributed by atoms with Crippen molar-refractivity contribution in [1.82, 2.24) is 14.9 Å². The van der Waals surface area contributed by atoms with E-state index in [1.54, 1.807) is 0 Å². The van der Waals surface area contributed by atoms with Crippen molar-refractivity contribution in [2.75, 3.05) is 19.3 Å². The van der Waals surface area contributed by atoms with Crippen LogP contribution in [0.15, 0.2) is 28.7 Å². The van der Waals surface area contributed by atoms with Crippen LogP contribution in [-0.4, -0.2) is 50.5 Å². The van der Waals surface area contributed by atoms with E-state index >= 15 is 0 Å². The van der Waals surface area contributed by atoms with Gasteiger partial charge in [-0.15, -0.1) is 0 Å². The number of hydrogen-bond donors (Lipinski definition) is 2. The zero-order valence-corrected chi connectivity index (χ0v) is 15.7. The maximum Gasteiger partial charge on any atom is 0.243 e. The normalized spacial score (nSPS) is 17.8. The standard InChI is InChI=1S/C15H20BrN3O4S/c1-24(22,23)18-10-14(20)19-7-3-6-13(19)15(21)17-9-11-4-2-5-12(16)8-11/h2,4-5,8,13,18H,3,6-7,9-10H2,1H3,(H,17,21). The number of sulfonamides is 1. The van der Waals surface area contributed by atoms with Crippen LogP contribution in [0.3, 0.4) is 0 Å². The van der Waals surface area contributed by atoms with Gasteiger partial charge < -0.3 is 10.2 Å². The van der Waals surface area contributed by atoms with Gasteiger partial charge >= 0.3 is 0 Å². The number of rotatable bonds is 6. The fourth-order valence-corrected chi connectivity index (χ4v) is 3.42. The summed E-state index contributed by atoms with van der Waals surface area (Å²) in [5, 5.41) is 2.83. The lowest BCUT2D eigenvalue weighted by Crippen LogP contribution is -2.48. The van der Waals surface area contributed by atoms with Crippen LogP contribution in [0.2, 0.25) is 0 Å². The second-order valence-electron chi connectivity index (χ2n) is 5.69. The summed E-state index contributed by atoms with van der Waals surface area (Å²) in [6, 6.07) is 7.05. The molecule has 0 aliphatic carbocycles. The van der Waals surface area contributed by atoms with Crippen LogP contribution in [0.1, 0.15) is 18.4 Å². The molecule has 24 heavy (non-hydrogen) atoms. The van der Waals surface area contributed by atoms with Crippen molar-refractivity contribution in [2.45, 2.75) is 25.4 Å². The molecule has 1 aliphatic heterocycles. The van der Waals surface area contributed by atoms with Gasteiger partial charge in [-0.2, -0.15) is 0 Å². The Morgan fingerprint density at radius 1 is 1.38 bits per heavy atom. The zero-order chi connectivity index (χ0) is 17.7. The number of nitrogens with zero attached hydrogens (tertiary/aromatic N) is 1. The highest BCUT2D eigenvalue weighted by atomic mass is 79.9. The molecule has 1 heterocycles. The quantitative estimate of drug-likeness (QED) is 0.708. The number of likely N-dealkylation sites (tertiary alicyclic amines) is 1. The first-order valence-electron chi connectivity index (χ1n) is 7.52. The molecule has 1 aromatic carbocycles. The molecule has 2 rings (SSSR count). The van der Waals surface area contributed by atoms with Crippen molar-refractivity contribution in [3.05, 3.63) is 34.3 Å². The third kappa shape index (κ3) is 5.57. The van der Waals surface area contributed by atoms with Crippen molar-refractivity contribution < 1.29 is 18.0 Å². The van der Waals surface area contributed by atoms with Crippen molar-refractivity contribution in [3.63, 3.8) is 0 Å². The Hall–Kier alpha value is -1.45. The third-order valence-corrected chi connectivity index (χ3v) is 4.88. The van der Waals surface area contributed by atoms with E-state index in [-0.39, 0.29) is 18.4 Å². The predicted molar refractivity (Wildman–Crippen MR) is 93.6 cm³/mol. The number of carbonyl (C=O) groups excluding carboxylic acids is 2. The minimum Gasteiger partial charge on any atom is -0.350 e. The number of hydrogen-bond acceptors (Lipinski definition) is 4. The third-order valence-electron chi connectivity index (χ3n) is 3.72. The minimum absolute atomic E-state index is 0.222. The molecular formula is C15H20BrN3O4S. The Bertz CT molecular complexity index is 723. The molecular weight excluding hydrogens is 398 g/mol. The van der Waals surface area contributed by atoms with Crippen LogP contribution in [0.25, 0.3) is 0 Å². The number of halogens is 1. The average Bonchev–Trinajstić information content (AvgIpc) is 2.99. The average molecular weight is 418 g/mol. The highest BCUT2D eigenvalue weighted by molar-refractivity contribution is 9.10. The lowest BCUT2D eigenvalue weighted by atomic mass is 10.2. The monoisotopic (exact) mass is 417 g/mol. The van der Waals surface area contributed by atoms with Crippen LogP contribution in [0.4, 0.5) is 0 Å². The summed E-state index contributed by atoms with van der Waals surface area (Å²) in [6.07, 6.45) is 2.29. The fraction of sp³-hybridized carbons (Fsp3) is 0.467. The smallest absolute Gasteiger partial charge is 0.243 e. The molecule has 0 saturated carbocycles. The Morgan fingerprint density at radius 2 is 2.12 bits per heavy atom. The molecule has 0 aromatic heterocycles. The van der Waals surface area contributed by atoms with Crippen LogP contribution >= 0.6 is 15.9 Å². The van der Waals surface area contributed by atoms with Gasteiger partial charge in [-0.1, -0.05) is 28.1 Å². The molecule has 2 amide bonds. The van der Waals surface area contributed by atoms with Crippen molar-refractivity contribution in [2.24, 2.45) is 0 Å². The first kappa shape index (κ1) is 18.9. The van der Waals surface area contributed by atoms with E-state index in [1.165, 1.54) is 4.90 Å². The SMILES string of the molecule is CS(=O)(=O)NCC(=O)N1CCCC1C(=O)NCc1cccc(Br)c1. The minimum atomic E-state index is -3.44. The van der Waals surface area contributed by atoms with Gasteiger partial charge in [-0.05, 0) is 30.5 Å². The maximum atomic E-state index is 12.4. The molecule has 1 aromatic rings. The molecule has 1 saturated heterocycles. The van der Waals surface area contributed by atoms with Crippen LogP contribution < -0.4 is 10.0 Å². The molecule has 1 unspecified atom stereocenters. The van der Waals surface area contributed by atoms with Crippen LogP contribution in [-0.2, 0) is 26.2 Å². The molecule has 1 atom stereocenters. The highest BCUT2D eigenvalue weighted by Gasteiger charge is 2.33. The molecule has 0 spiro atoms. The van der Waals surface area contributed by atoms with Crippen molar-refractivity contribution in [3.8, 4) is 0 Å². The van der Waals surface area contributed by atoms with Crippen molar-refractivity contribution >= 4 is 37.8 Å². The van der Waals surface area contributed by atoms with E-state index in [1.807, 2.05) is 24.3 Å². The van der Waals surface area contributed by atoms with Crippen molar-refractivity contribution in [1.29, 1.82) is 0 Å². The van der Waals surface area contributed by atoms with Gasteiger partial charge in [0.2, 0.25) is 21.8 Å². The zero-order valence-electron chi connectivity index (χ0n) is 13.3. The summed E-state index contributed by atoms with van der Waals surface area (Å²) in [6.45, 7) is 0.506.